The van der Waals surface area contributed by atoms with E-state index in [4.69, 9.17) is 0 Å². The van der Waals surface area contributed by atoms with Gasteiger partial charge in [-0.05, 0) is 24.3 Å². The van der Waals surface area contributed by atoms with Gasteiger partial charge in [0.25, 0.3) is 0 Å². The molecule has 0 saturated carbocycles. The van der Waals surface area contributed by atoms with Gasteiger partial charge in [0.15, 0.2) is 0 Å². The standard InChI is InChI=1S/C8H8F2O6S2/c9-5-17(11,12)15-7-1-2-8(4-3-7)16-18(13,14)6-10/h1-4H,5-6H2. The van der Waals surface area contributed by atoms with E-state index in [0.29, 0.717) is 0 Å². The van der Waals surface area contributed by atoms with Crippen molar-refractivity contribution in [2.24, 2.45) is 0 Å². The number of rotatable bonds is 6. The second-order valence-electron chi connectivity index (χ2n) is 2.97. The summed E-state index contributed by atoms with van der Waals surface area (Å²) in [7, 11) is -8.62. The zero-order valence-corrected chi connectivity index (χ0v) is 10.4. The van der Waals surface area contributed by atoms with E-state index in [9.17, 15) is 25.6 Å². The summed E-state index contributed by atoms with van der Waals surface area (Å²) in [6.07, 6.45) is 0. The van der Waals surface area contributed by atoms with Crippen LogP contribution in [0.3, 0.4) is 0 Å². The molecule has 1 rings (SSSR count). The van der Waals surface area contributed by atoms with Crippen LogP contribution in [0.4, 0.5) is 8.78 Å². The molecule has 0 aromatic heterocycles. The van der Waals surface area contributed by atoms with E-state index in [1.807, 2.05) is 0 Å². The molecular formula is C8H8F2O6S2. The van der Waals surface area contributed by atoms with Crippen LogP contribution in [-0.2, 0) is 20.2 Å². The van der Waals surface area contributed by atoms with Gasteiger partial charge in [-0.3, -0.25) is 0 Å². The van der Waals surface area contributed by atoms with Crippen LogP contribution in [0.2, 0.25) is 0 Å². The highest BCUT2D eigenvalue weighted by atomic mass is 32.2. The van der Waals surface area contributed by atoms with E-state index in [2.05, 4.69) is 8.37 Å². The molecular weight excluding hydrogens is 294 g/mol. The van der Waals surface area contributed by atoms with E-state index in [0.717, 1.165) is 24.3 Å². The summed E-state index contributed by atoms with van der Waals surface area (Å²) in [4.78, 5) is 0. The van der Waals surface area contributed by atoms with Gasteiger partial charge in [0, 0.05) is 0 Å². The maximum absolute atomic E-state index is 11.9. The number of halogens is 2. The van der Waals surface area contributed by atoms with Crippen molar-refractivity contribution in [1.29, 1.82) is 0 Å². The van der Waals surface area contributed by atoms with Crippen LogP contribution in [0.5, 0.6) is 11.5 Å². The van der Waals surface area contributed by atoms with Crippen LogP contribution in [0, 0.1) is 0 Å². The quantitative estimate of drug-likeness (QED) is 0.727. The van der Waals surface area contributed by atoms with Gasteiger partial charge in [0.2, 0.25) is 12.0 Å². The van der Waals surface area contributed by atoms with Crippen molar-refractivity contribution < 1.29 is 34.0 Å². The first-order valence-electron chi connectivity index (χ1n) is 4.34. The molecule has 0 aliphatic rings. The maximum atomic E-state index is 11.9. The smallest absolute Gasteiger partial charge is 0.339 e. The first-order chi connectivity index (χ1) is 8.28. The fourth-order valence-electron chi connectivity index (χ4n) is 0.889. The van der Waals surface area contributed by atoms with E-state index in [-0.39, 0.29) is 11.5 Å². The zero-order chi connectivity index (χ0) is 13.8. The van der Waals surface area contributed by atoms with Gasteiger partial charge in [-0.15, -0.1) is 0 Å². The molecule has 0 fully saturated rings. The van der Waals surface area contributed by atoms with E-state index in [1.165, 1.54) is 0 Å². The van der Waals surface area contributed by atoms with Crippen molar-refractivity contribution in [1.82, 2.24) is 0 Å². The molecule has 0 amide bonds. The lowest BCUT2D eigenvalue weighted by molar-refractivity contribution is 0.445. The molecule has 0 atom stereocenters. The molecule has 0 saturated heterocycles. The van der Waals surface area contributed by atoms with Crippen molar-refractivity contribution in [3.63, 3.8) is 0 Å². The lowest BCUT2D eigenvalue weighted by Gasteiger charge is -2.06. The predicted octanol–water partition coefficient (Wildman–Crippen LogP) is 0.958. The molecule has 0 radical (unpaired) electrons. The summed E-state index contributed by atoms with van der Waals surface area (Å²) < 4.78 is 75.5. The molecule has 18 heavy (non-hydrogen) atoms. The maximum Gasteiger partial charge on any atom is 0.339 e. The topological polar surface area (TPSA) is 86.7 Å². The third-order valence-electron chi connectivity index (χ3n) is 1.54. The third kappa shape index (κ3) is 4.45. The van der Waals surface area contributed by atoms with Gasteiger partial charge in [0.05, 0.1) is 0 Å². The molecule has 0 unspecified atom stereocenters. The van der Waals surface area contributed by atoms with Gasteiger partial charge in [-0.25, -0.2) is 8.78 Å². The fourth-order valence-corrected chi connectivity index (χ4v) is 1.79. The van der Waals surface area contributed by atoms with Crippen LogP contribution >= 0.6 is 0 Å². The SMILES string of the molecule is O=S(=O)(CF)Oc1ccc(OS(=O)(=O)CF)cc1. The van der Waals surface area contributed by atoms with Gasteiger partial charge >= 0.3 is 20.2 Å². The molecule has 0 bridgehead atoms. The minimum absolute atomic E-state index is 0.224. The third-order valence-corrected chi connectivity index (χ3v) is 2.96. The minimum Gasteiger partial charge on any atom is -0.381 e. The zero-order valence-electron chi connectivity index (χ0n) is 8.75. The van der Waals surface area contributed by atoms with E-state index < -0.39 is 32.2 Å². The molecule has 0 aliphatic heterocycles. The van der Waals surface area contributed by atoms with Crippen molar-refractivity contribution in [3.8, 4) is 11.5 Å². The summed E-state index contributed by atoms with van der Waals surface area (Å²) in [5.41, 5.74) is 0. The van der Waals surface area contributed by atoms with Crippen molar-refractivity contribution in [2.45, 2.75) is 0 Å². The summed E-state index contributed by atoms with van der Waals surface area (Å²) in [6, 6.07) is 0.766. The molecule has 102 valence electrons. The van der Waals surface area contributed by atoms with Crippen LogP contribution in [-0.4, -0.2) is 28.8 Å². The second-order valence-corrected chi connectivity index (χ2v) is 5.97. The van der Waals surface area contributed by atoms with Crippen molar-refractivity contribution in [2.75, 3.05) is 12.0 Å². The van der Waals surface area contributed by atoms with Crippen LogP contribution in [0.15, 0.2) is 24.3 Å². The lowest BCUT2D eigenvalue weighted by Crippen LogP contribution is -2.11. The van der Waals surface area contributed by atoms with Crippen LogP contribution in [0.25, 0.3) is 0 Å². The Morgan fingerprint density at radius 1 is 0.778 bits per heavy atom. The summed E-state index contributed by atoms with van der Waals surface area (Å²) in [5.74, 6) is -0.449. The Kier molecular flexibility index (Phi) is 4.46. The summed E-state index contributed by atoms with van der Waals surface area (Å²) in [6.45, 7) is 0. The average Bonchev–Trinajstić information content (AvgIpc) is 2.31. The Morgan fingerprint density at radius 3 is 1.28 bits per heavy atom. The highest BCUT2D eigenvalue weighted by Gasteiger charge is 2.14. The number of hydrogen-bond donors (Lipinski definition) is 0. The number of benzene rings is 1. The van der Waals surface area contributed by atoms with E-state index in [1.54, 1.807) is 0 Å². The Bertz CT molecular complexity index is 538. The van der Waals surface area contributed by atoms with Gasteiger partial charge in [-0.1, -0.05) is 0 Å². The largest absolute Gasteiger partial charge is 0.381 e. The Labute approximate surface area is 102 Å². The van der Waals surface area contributed by atoms with Crippen molar-refractivity contribution >= 4 is 20.2 Å². The Hall–Kier alpha value is -1.42. The molecule has 6 nitrogen and oxygen atoms in total. The highest BCUT2D eigenvalue weighted by Crippen LogP contribution is 2.20. The van der Waals surface area contributed by atoms with Gasteiger partial charge in [-0.2, -0.15) is 16.8 Å². The normalized spacial score (nSPS) is 12.1. The van der Waals surface area contributed by atoms with Crippen molar-refractivity contribution in [3.05, 3.63) is 24.3 Å². The molecule has 0 aliphatic carbocycles. The Morgan fingerprint density at radius 2 is 1.06 bits per heavy atom. The number of alkyl halides is 2. The lowest BCUT2D eigenvalue weighted by atomic mass is 10.3. The second kappa shape index (κ2) is 5.48. The van der Waals surface area contributed by atoms with Gasteiger partial charge in [0.1, 0.15) is 11.5 Å². The summed E-state index contributed by atoms with van der Waals surface area (Å²) in [5, 5.41) is 0. The first kappa shape index (κ1) is 14.6. The minimum atomic E-state index is -4.31. The monoisotopic (exact) mass is 302 g/mol. The predicted molar refractivity (Wildman–Crippen MR) is 57.5 cm³/mol. The van der Waals surface area contributed by atoms with Gasteiger partial charge < -0.3 is 8.37 Å². The Balaban J connectivity index is 2.81. The first-order valence-corrected chi connectivity index (χ1v) is 7.50. The molecule has 0 spiro atoms. The molecule has 0 heterocycles. The molecule has 1 aromatic rings. The average molecular weight is 302 g/mol. The number of hydrogen-bond acceptors (Lipinski definition) is 6. The highest BCUT2D eigenvalue weighted by molar-refractivity contribution is 7.87. The summed E-state index contributed by atoms with van der Waals surface area (Å²) >= 11 is 0. The molecule has 0 N–H and O–H groups in total. The van der Waals surface area contributed by atoms with E-state index >= 15 is 0 Å². The fraction of sp³-hybridized carbons (Fsp3) is 0.250. The van der Waals surface area contributed by atoms with Crippen LogP contribution < -0.4 is 8.37 Å². The van der Waals surface area contributed by atoms with Crippen LogP contribution in [0.1, 0.15) is 0 Å². The molecule has 1 aromatic carbocycles. The molecule has 10 heteroatoms.